The van der Waals surface area contributed by atoms with Crippen LogP contribution in [0.5, 0.6) is 0 Å². The Bertz CT molecular complexity index is 1320. The molecule has 1 atom stereocenters. The molecule has 0 bridgehead atoms. The summed E-state index contributed by atoms with van der Waals surface area (Å²) in [5.74, 6) is 2.33. The van der Waals surface area contributed by atoms with Crippen molar-refractivity contribution >= 4 is 61.3 Å². The van der Waals surface area contributed by atoms with Crippen molar-refractivity contribution in [1.82, 2.24) is 29.8 Å². The number of rotatable bonds is 5. The Morgan fingerprint density at radius 3 is 2.84 bits per heavy atom. The van der Waals surface area contributed by atoms with Gasteiger partial charge in [0.2, 0.25) is 11.0 Å². The Morgan fingerprint density at radius 1 is 1.19 bits per heavy atom. The molecular formula is C20H21N7OS3. The summed E-state index contributed by atoms with van der Waals surface area (Å²) in [5.41, 5.74) is 2.31. The average Bonchev–Trinajstić information content (AvgIpc) is 3.21. The largest absolute Gasteiger partial charge is 0.300 e. The van der Waals surface area contributed by atoms with E-state index >= 15 is 0 Å². The number of thioether (sulfide) groups is 1. The second-order valence-electron chi connectivity index (χ2n) is 8.38. The molecule has 0 aliphatic heterocycles. The normalized spacial score (nSPS) is 18.6. The second kappa shape index (κ2) is 7.49. The van der Waals surface area contributed by atoms with Crippen LogP contribution >= 0.6 is 34.4 Å². The predicted molar refractivity (Wildman–Crippen MR) is 123 cm³/mol. The smallest absolute Gasteiger partial charge is 0.236 e. The molecule has 4 aromatic rings. The van der Waals surface area contributed by atoms with E-state index < -0.39 is 0 Å². The van der Waals surface area contributed by atoms with Crippen LogP contribution < -0.4 is 5.32 Å². The molecule has 1 amide bonds. The van der Waals surface area contributed by atoms with Crippen LogP contribution in [0.2, 0.25) is 0 Å². The van der Waals surface area contributed by atoms with E-state index in [2.05, 4.69) is 37.0 Å². The summed E-state index contributed by atoms with van der Waals surface area (Å²) >= 11 is 4.60. The quantitative estimate of drug-likeness (QED) is 0.435. The highest BCUT2D eigenvalue weighted by Gasteiger charge is 2.32. The monoisotopic (exact) mass is 471 g/mol. The van der Waals surface area contributed by atoms with Gasteiger partial charge in [0.25, 0.3) is 0 Å². The molecule has 1 N–H and O–H groups in total. The van der Waals surface area contributed by atoms with Crippen LogP contribution in [0.25, 0.3) is 15.9 Å². The number of hydrogen-bond donors (Lipinski definition) is 1. The lowest BCUT2D eigenvalue weighted by atomic mass is 9.89. The van der Waals surface area contributed by atoms with Gasteiger partial charge in [-0.2, -0.15) is 0 Å². The van der Waals surface area contributed by atoms with Gasteiger partial charge in [0.15, 0.2) is 10.8 Å². The van der Waals surface area contributed by atoms with Gasteiger partial charge >= 0.3 is 0 Å². The molecular weight excluding hydrogens is 450 g/mol. The van der Waals surface area contributed by atoms with Gasteiger partial charge in [0, 0.05) is 10.8 Å². The summed E-state index contributed by atoms with van der Waals surface area (Å²) in [6.07, 6.45) is 5.71. The summed E-state index contributed by atoms with van der Waals surface area (Å²) in [4.78, 5) is 20.1. The molecule has 31 heavy (non-hydrogen) atoms. The number of fused-ring (bicyclic) bond motifs is 5. The highest BCUT2D eigenvalue weighted by Crippen LogP contribution is 2.44. The van der Waals surface area contributed by atoms with Crippen molar-refractivity contribution in [3.63, 3.8) is 0 Å². The SMILES string of the molecule is Cc1nnc(NC(=O)CSc2nnc3c4c5c(sc4nc(C4CC4)n23)C[C@H](C)CC5)s1. The predicted octanol–water partition coefficient (Wildman–Crippen LogP) is 4.23. The summed E-state index contributed by atoms with van der Waals surface area (Å²) < 4.78 is 2.11. The number of amides is 1. The molecule has 2 aliphatic carbocycles. The number of carbonyl (C=O) groups excluding carboxylic acids is 1. The molecule has 0 saturated heterocycles. The van der Waals surface area contributed by atoms with Crippen LogP contribution in [0.15, 0.2) is 5.16 Å². The van der Waals surface area contributed by atoms with E-state index in [1.54, 1.807) is 0 Å². The molecule has 0 unspecified atom stereocenters. The lowest BCUT2D eigenvalue weighted by molar-refractivity contribution is -0.113. The van der Waals surface area contributed by atoms with Crippen molar-refractivity contribution in [2.24, 2.45) is 5.92 Å². The second-order valence-corrected chi connectivity index (χ2v) is 11.6. The molecule has 0 aromatic carbocycles. The van der Waals surface area contributed by atoms with Crippen molar-refractivity contribution in [1.29, 1.82) is 0 Å². The molecule has 160 valence electrons. The molecule has 0 radical (unpaired) electrons. The first-order valence-electron chi connectivity index (χ1n) is 10.5. The number of thiophene rings is 1. The minimum Gasteiger partial charge on any atom is -0.300 e. The van der Waals surface area contributed by atoms with Crippen LogP contribution in [0.1, 0.15) is 53.4 Å². The number of aromatic nitrogens is 6. The fraction of sp³-hybridized carbons (Fsp3) is 0.500. The zero-order chi connectivity index (χ0) is 21.1. The van der Waals surface area contributed by atoms with E-state index in [0.29, 0.717) is 11.0 Å². The minimum absolute atomic E-state index is 0.123. The Balaban J connectivity index is 1.36. The van der Waals surface area contributed by atoms with Crippen LogP contribution in [-0.2, 0) is 17.6 Å². The summed E-state index contributed by atoms with van der Waals surface area (Å²) in [6, 6.07) is 0. The molecule has 2 aliphatic rings. The fourth-order valence-corrected chi connectivity index (χ4v) is 6.91. The first-order valence-corrected chi connectivity index (χ1v) is 13.1. The Morgan fingerprint density at radius 2 is 2.06 bits per heavy atom. The first kappa shape index (κ1) is 19.6. The number of anilines is 1. The van der Waals surface area contributed by atoms with Crippen molar-refractivity contribution in [2.75, 3.05) is 11.1 Å². The standard InChI is InChI=1S/C20H21N7OS3/c1-9-3-6-12-13(7-9)31-18-15(12)17-24-26-20(27(17)16(22-18)11-4-5-11)29-8-14(28)21-19-25-23-10(2)30-19/h9,11H,3-8H2,1-2H3,(H,21,25,28)/t9-/m1/s1. The van der Waals surface area contributed by atoms with E-state index in [9.17, 15) is 4.79 Å². The van der Waals surface area contributed by atoms with E-state index in [4.69, 9.17) is 4.98 Å². The van der Waals surface area contributed by atoms with E-state index in [1.807, 2.05) is 18.3 Å². The maximum atomic E-state index is 12.4. The molecule has 6 rings (SSSR count). The molecule has 4 heterocycles. The number of aryl methyl sites for hydroxylation is 2. The maximum Gasteiger partial charge on any atom is 0.236 e. The van der Waals surface area contributed by atoms with Gasteiger partial charge in [0.05, 0.1) is 11.1 Å². The lowest BCUT2D eigenvalue weighted by Crippen LogP contribution is -2.14. The Kier molecular flexibility index (Phi) is 4.73. The highest BCUT2D eigenvalue weighted by atomic mass is 32.2. The topological polar surface area (TPSA) is 98.0 Å². The van der Waals surface area contributed by atoms with Gasteiger partial charge in [-0.05, 0) is 50.5 Å². The molecule has 8 nitrogen and oxygen atoms in total. The van der Waals surface area contributed by atoms with E-state index in [-0.39, 0.29) is 11.7 Å². The van der Waals surface area contributed by atoms with Crippen LogP contribution in [0.3, 0.4) is 0 Å². The van der Waals surface area contributed by atoms with Crippen LogP contribution in [0.4, 0.5) is 5.13 Å². The van der Waals surface area contributed by atoms with Gasteiger partial charge in [-0.25, -0.2) is 4.98 Å². The molecule has 0 spiro atoms. The van der Waals surface area contributed by atoms with Crippen molar-refractivity contribution in [2.45, 2.75) is 57.0 Å². The average molecular weight is 472 g/mol. The van der Waals surface area contributed by atoms with Crippen molar-refractivity contribution in [3.05, 3.63) is 21.3 Å². The third kappa shape index (κ3) is 3.52. The van der Waals surface area contributed by atoms with Gasteiger partial charge in [-0.15, -0.1) is 31.7 Å². The van der Waals surface area contributed by atoms with E-state index in [1.165, 1.54) is 45.3 Å². The number of hydrogen-bond acceptors (Lipinski definition) is 9. The Hall–Kier alpha value is -2.11. The van der Waals surface area contributed by atoms with Crippen LogP contribution in [-0.4, -0.2) is 41.4 Å². The molecule has 4 aromatic heterocycles. The minimum atomic E-state index is -0.123. The van der Waals surface area contributed by atoms with Gasteiger partial charge in [-0.3, -0.25) is 14.5 Å². The number of carbonyl (C=O) groups is 1. The van der Waals surface area contributed by atoms with Crippen molar-refractivity contribution in [3.8, 4) is 0 Å². The first-order chi connectivity index (χ1) is 15.1. The molecule has 1 saturated carbocycles. The summed E-state index contributed by atoms with van der Waals surface area (Å²) in [5, 5.41) is 23.0. The third-order valence-electron chi connectivity index (χ3n) is 5.84. The van der Waals surface area contributed by atoms with Gasteiger partial charge in [0.1, 0.15) is 15.7 Å². The summed E-state index contributed by atoms with van der Waals surface area (Å²) in [7, 11) is 0. The van der Waals surface area contributed by atoms with Crippen LogP contribution in [0, 0.1) is 12.8 Å². The number of nitrogens with one attached hydrogen (secondary N) is 1. The van der Waals surface area contributed by atoms with Crippen molar-refractivity contribution < 1.29 is 4.79 Å². The highest BCUT2D eigenvalue weighted by molar-refractivity contribution is 7.99. The Labute approximate surface area is 190 Å². The maximum absolute atomic E-state index is 12.4. The summed E-state index contributed by atoms with van der Waals surface area (Å²) in [6.45, 7) is 4.19. The zero-order valence-corrected chi connectivity index (χ0v) is 19.7. The fourth-order valence-electron chi connectivity index (χ4n) is 4.18. The van der Waals surface area contributed by atoms with Gasteiger partial charge < -0.3 is 0 Å². The zero-order valence-electron chi connectivity index (χ0n) is 17.2. The third-order valence-corrected chi connectivity index (χ3v) is 8.67. The number of nitrogens with zero attached hydrogens (tertiary/aromatic N) is 6. The van der Waals surface area contributed by atoms with E-state index in [0.717, 1.165) is 58.1 Å². The lowest BCUT2D eigenvalue weighted by Gasteiger charge is -2.17. The molecule has 11 heteroatoms. The van der Waals surface area contributed by atoms with Gasteiger partial charge in [-0.1, -0.05) is 30.0 Å². The molecule has 1 fully saturated rings.